The molecule has 0 fully saturated rings. The van der Waals surface area contributed by atoms with Crippen molar-refractivity contribution in [2.75, 3.05) is 6.61 Å². The van der Waals surface area contributed by atoms with Crippen LogP contribution in [-0.4, -0.2) is 36.7 Å². The van der Waals surface area contributed by atoms with Gasteiger partial charge in [0, 0.05) is 12.1 Å². The van der Waals surface area contributed by atoms with Crippen LogP contribution in [0, 0.1) is 11.8 Å². The van der Waals surface area contributed by atoms with E-state index in [0.29, 0.717) is 13.0 Å². The average Bonchev–Trinajstić information content (AvgIpc) is 2.51. The fourth-order valence-corrected chi connectivity index (χ4v) is 2.13. The van der Waals surface area contributed by atoms with E-state index < -0.39 is 24.1 Å². The molecular weight excluding hydrogens is 312 g/mol. The number of ether oxygens (including phenoxy) is 2. The summed E-state index contributed by atoms with van der Waals surface area (Å²) in [4.78, 5) is 33.6. The van der Waals surface area contributed by atoms with Crippen LogP contribution in [0.1, 0.15) is 33.1 Å². The molecule has 0 saturated carbocycles. The lowest BCUT2D eigenvalue weighted by Crippen LogP contribution is -2.36. The molecule has 0 bridgehead atoms. The van der Waals surface area contributed by atoms with Crippen LogP contribution < -0.4 is 11.1 Å². The molecule has 1 aliphatic rings. The minimum atomic E-state index is -0.777. The lowest BCUT2D eigenvalue weighted by atomic mass is 9.94. The highest BCUT2D eigenvalue weighted by molar-refractivity contribution is 5.92. The van der Waals surface area contributed by atoms with Gasteiger partial charge in [-0.2, -0.15) is 0 Å². The van der Waals surface area contributed by atoms with Gasteiger partial charge in [-0.1, -0.05) is 12.2 Å². The number of nitrogens with one attached hydrogen (secondary N) is 1. The second kappa shape index (κ2) is 10.1. The first-order chi connectivity index (χ1) is 11.4. The van der Waals surface area contributed by atoms with Gasteiger partial charge in [0.25, 0.3) is 5.91 Å². The SMILES string of the molecule is CCOC(=O)N[C@@H]1CCC=C(/C=C/C(=O)O[C@H](C)C#CC(N)=O)C1. The fourth-order valence-electron chi connectivity index (χ4n) is 2.13. The van der Waals surface area contributed by atoms with E-state index in [-0.39, 0.29) is 6.04 Å². The largest absolute Gasteiger partial charge is 0.450 e. The number of hydrogen-bond acceptors (Lipinski definition) is 5. The Balaban J connectivity index is 2.47. The summed E-state index contributed by atoms with van der Waals surface area (Å²) in [7, 11) is 0. The molecule has 0 aromatic carbocycles. The number of allylic oxidation sites excluding steroid dienone is 2. The van der Waals surface area contributed by atoms with Crippen molar-refractivity contribution in [2.45, 2.75) is 45.3 Å². The molecule has 0 aromatic heterocycles. The molecule has 0 aliphatic heterocycles. The number of carbonyl (C=O) groups excluding carboxylic acids is 3. The molecule has 1 aliphatic carbocycles. The van der Waals surface area contributed by atoms with Crippen LogP contribution in [0.3, 0.4) is 0 Å². The number of nitrogens with two attached hydrogens (primary N) is 1. The van der Waals surface area contributed by atoms with Gasteiger partial charge in [-0.3, -0.25) is 4.79 Å². The van der Waals surface area contributed by atoms with Gasteiger partial charge in [0.2, 0.25) is 0 Å². The lowest BCUT2D eigenvalue weighted by molar-refractivity contribution is -0.139. The van der Waals surface area contributed by atoms with Crippen molar-refractivity contribution in [1.29, 1.82) is 0 Å². The van der Waals surface area contributed by atoms with Crippen LogP contribution in [0.25, 0.3) is 0 Å². The number of alkyl carbamates (subject to hydrolysis) is 1. The molecule has 0 radical (unpaired) electrons. The van der Waals surface area contributed by atoms with Crippen LogP contribution in [-0.2, 0) is 19.1 Å². The summed E-state index contributed by atoms with van der Waals surface area (Å²) in [5, 5.41) is 2.78. The molecule has 2 amide bonds. The highest BCUT2D eigenvalue weighted by Gasteiger charge is 2.17. The Morgan fingerprint density at radius 3 is 2.92 bits per heavy atom. The second-order valence-electron chi connectivity index (χ2n) is 5.17. The number of rotatable bonds is 5. The normalized spacial score (nSPS) is 17.9. The van der Waals surface area contributed by atoms with E-state index in [1.807, 2.05) is 6.08 Å². The molecule has 0 aromatic rings. The third-order valence-electron chi connectivity index (χ3n) is 3.13. The summed E-state index contributed by atoms with van der Waals surface area (Å²) in [6.07, 6.45) is 6.01. The highest BCUT2D eigenvalue weighted by Crippen LogP contribution is 2.19. The van der Waals surface area contributed by atoms with Crippen LogP contribution in [0.15, 0.2) is 23.8 Å². The summed E-state index contributed by atoms with van der Waals surface area (Å²) in [6, 6.07) is -0.0231. The van der Waals surface area contributed by atoms with E-state index in [0.717, 1.165) is 18.4 Å². The third-order valence-corrected chi connectivity index (χ3v) is 3.13. The zero-order valence-electron chi connectivity index (χ0n) is 13.8. The summed E-state index contributed by atoms with van der Waals surface area (Å²) in [5.74, 6) is 3.18. The number of amides is 2. The van der Waals surface area contributed by atoms with Gasteiger partial charge in [-0.25, -0.2) is 9.59 Å². The molecule has 7 heteroatoms. The minimum Gasteiger partial charge on any atom is -0.450 e. The number of primary amides is 1. The quantitative estimate of drug-likeness (QED) is 0.446. The lowest BCUT2D eigenvalue weighted by Gasteiger charge is -2.22. The van der Waals surface area contributed by atoms with Crippen LogP contribution in [0.2, 0.25) is 0 Å². The number of hydrogen-bond donors (Lipinski definition) is 2. The topological polar surface area (TPSA) is 108 Å². The summed E-state index contributed by atoms with van der Waals surface area (Å²) < 4.78 is 9.85. The van der Waals surface area contributed by atoms with E-state index >= 15 is 0 Å². The van der Waals surface area contributed by atoms with Crippen molar-refractivity contribution in [3.8, 4) is 11.8 Å². The maximum atomic E-state index is 11.7. The Labute approximate surface area is 141 Å². The molecule has 0 unspecified atom stereocenters. The zero-order chi connectivity index (χ0) is 17.9. The first-order valence-electron chi connectivity index (χ1n) is 7.72. The molecule has 0 saturated heterocycles. The Kier molecular flexibility index (Phi) is 8.13. The van der Waals surface area contributed by atoms with Gasteiger partial charge >= 0.3 is 12.1 Å². The summed E-state index contributed by atoms with van der Waals surface area (Å²) >= 11 is 0. The summed E-state index contributed by atoms with van der Waals surface area (Å²) in [5.41, 5.74) is 5.81. The van der Waals surface area contributed by atoms with Crippen LogP contribution >= 0.6 is 0 Å². The first-order valence-corrected chi connectivity index (χ1v) is 7.72. The van der Waals surface area contributed by atoms with Crippen molar-refractivity contribution in [2.24, 2.45) is 5.73 Å². The van der Waals surface area contributed by atoms with Crippen molar-refractivity contribution in [3.63, 3.8) is 0 Å². The Bertz CT molecular complexity index is 598. The Morgan fingerprint density at radius 2 is 2.25 bits per heavy atom. The van der Waals surface area contributed by atoms with Gasteiger partial charge in [-0.05, 0) is 50.5 Å². The van der Waals surface area contributed by atoms with Crippen molar-refractivity contribution < 1.29 is 23.9 Å². The number of esters is 1. The predicted molar refractivity (Wildman–Crippen MR) is 87.5 cm³/mol. The molecule has 7 nitrogen and oxygen atoms in total. The number of carbonyl (C=O) groups is 3. The maximum absolute atomic E-state index is 11.7. The smallest absolute Gasteiger partial charge is 0.407 e. The predicted octanol–water partition coefficient (Wildman–Crippen LogP) is 1.19. The van der Waals surface area contributed by atoms with Gasteiger partial charge in [0.15, 0.2) is 6.10 Å². The monoisotopic (exact) mass is 334 g/mol. The van der Waals surface area contributed by atoms with Gasteiger partial charge < -0.3 is 20.5 Å². The molecule has 0 heterocycles. The minimum absolute atomic E-state index is 0.0231. The van der Waals surface area contributed by atoms with Gasteiger partial charge in [0.05, 0.1) is 6.61 Å². The molecule has 0 spiro atoms. The van der Waals surface area contributed by atoms with E-state index in [4.69, 9.17) is 15.2 Å². The van der Waals surface area contributed by atoms with E-state index in [9.17, 15) is 14.4 Å². The molecule has 3 N–H and O–H groups in total. The third kappa shape index (κ3) is 8.03. The maximum Gasteiger partial charge on any atom is 0.407 e. The first kappa shape index (κ1) is 19.3. The van der Waals surface area contributed by atoms with Gasteiger partial charge in [-0.15, -0.1) is 0 Å². The van der Waals surface area contributed by atoms with E-state index in [1.54, 1.807) is 19.9 Å². The van der Waals surface area contributed by atoms with Crippen molar-refractivity contribution >= 4 is 18.0 Å². The highest BCUT2D eigenvalue weighted by atomic mass is 16.5. The molecular formula is C17H22N2O5. The van der Waals surface area contributed by atoms with E-state index in [2.05, 4.69) is 17.2 Å². The summed E-state index contributed by atoms with van der Waals surface area (Å²) in [6.45, 7) is 3.61. The van der Waals surface area contributed by atoms with Crippen LogP contribution in [0.4, 0.5) is 4.79 Å². The fraction of sp³-hybridized carbons (Fsp3) is 0.471. The molecule has 1 rings (SSSR count). The Hall–Kier alpha value is -2.75. The average molecular weight is 334 g/mol. The van der Waals surface area contributed by atoms with Crippen molar-refractivity contribution in [3.05, 3.63) is 23.8 Å². The molecule has 130 valence electrons. The molecule has 24 heavy (non-hydrogen) atoms. The Morgan fingerprint density at radius 1 is 1.50 bits per heavy atom. The molecule has 2 atom stereocenters. The van der Waals surface area contributed by atoms with Gasteiger partial charge in [0.1, 0.15) is 0 Å². The van der Waals surface area contributed by atoms with Crippen molar-refractivity contribution in [1.82, 2.24) is 5.32 Å². The van der Waals surface area contributed by atoms with E-state index in [1.165, 1.54) is 6.08 Å². The van der Waals surface area contributed by atoms with Crippen LogP contribution in [0.5, 0.6) is 0 Å². The zero-order valence-corrected chi connectivity index (χ0v) is 13.8. The second-order valence-corrected chi connectivity index (χ2v) is 5.17. The standard InChI is InChI=1S/C17H22N2O5/c1-3-23-17(22)19-14-6-4-5-13(11-14)8-10-16(21)24-12(2)7-9-15(18)20/h5,8,10,12,14H,3-4,6,11H2,1-2H3,(H2,18,20)(H,19,22)/b10-8+/t12-,14-/m1/s1.